The largest absolute Gasteiger partial charge is 0.497 e. The van der Waals surface area contributed by atoms with Crippen molar-refractivity contribution in [3.8, 4) is 5.75 Å². The Morgan fingerprint density at radius 1 is 1.12 bits per heavy atom. The van der Waals surface area contributed by atoms with Crippen LogP contribution in [0.2, 0.25) is 5.02 Å². The molecule has 1 saturated carbocycles. The molecule has 2 amide bonds. The minimum Gasteiger partial charge on any atom is -0.497 e. The van der Waals surface area contributed by atoms with E-state index in [1.165, 1.54) is 0 Å². The summed E-state index contributed by atoms with van der Waals surface area (Å²) >= 11 is 6.24. The standard InChI is InChI=1S/C19H25ClN2O3/c1-25-16-7-6-15(17(20)13-16)12-18(23)21-8-3-9-22(11-10-21)19(24)14-4-2-5-14/h6-7,13-14H,2-5,8-12H2,1H3. The highest BCUT2D eigenvalue weighted by molar-refractivity contribution is 6.31. The molecule has 3 rings (SSSR count). The molecule has 1 aliphatic heterocycles. The molecule has 0 aromatic heterocycles. The van der Waals surface area contributed by atoms with Gasteiger partial charge in [-0.15, -0.1) is 0 Å². The summed E-state index contributed by atoms with van der Waals surface area (Å²) in [5.41, 5.74) is 0.805. The molecule has 5 nitrogen and oxygen atoms in total. The van der Waals surface area contributed by atoms with Crippen molar-refractivity contribution in [1.29, 1.82) is 0 Å². The minimum atomic E-state index is 0.0602. The van der Waals surface area contributed by atoms with E-state index in [1.807, 2.05) is 21.9 Å². The fraction of sp³-hybridized carbons (Fsp3) is 0.579. The first kappa shape index (κ1) is 18.1. The van der Waals surface area contributed by atoms with Crippen molar-refractivity contribution in [2.45, 2.75) is 32.1 Å². The number of nitrogens with zero attached hydrogens (tertiary/aromatic N) is 2. The zero-order valence-corrected chi connectivity index (χ0v) is 15.4. The molecule has 1 heterocycles. The molecule has 0 N–H and O–H groups in total. The lowest BCUT2D eigenvalue weighted by molar-refractivity contribution is -0.138. The molecular formula is C19H25ClN2O3. The van der Waals surface area contributed by atoms with E-state index in [2.05, 4.69) is 0 Å². The summed E-state index contributed by atoms with van der Waals surface area (Å²) in [6.07, 6.45) is 4.32. The van der Waals surface area contributed by atoms with Crippen LogP contribution in [-0.4, -0.2) is 54.9 Å². The highest BCUT2D eigenvalue weighted by Crippen LogP contribution is 2.28. The Morgan fingerprint density at radius 3 is 2.48 bits per heavy atom. The van der Waals surface area contributed by atoms with Crippen molar-refractivity contribution in [1.82, 2.24) is 9.80 Å². The summed E-state index contributed by atoms with van der Waals surface area (Å²) in [6, 6.07) is 5.38. The van der Waals surface area contributed by atoms with Gasteiger partial charge in [0.25, 0.3) is 0 Å². The van der Waals surface area contributed by atoms with E-state index in [0.717, 1.165) is 37.8 Å². The molecule has 2 aliphatic rings. The van der Waals surface area contributed by atoms with Crippen molar-refractivity contribution < 1.29 is 14.3 Å². The van der Waals surface area contributed by atoms with E-state index >= 15 is 0 Å². The summed E-state index contributed by atoms with van der Waals surface area (Å²) < 4.78 is 5.14. The summed E-state index contributed by atoms with van der Waals surface area (Å²) in [5, 5.41) is 0.546. The van der Waals surface area contributed by atoms with E-state index in [1.54, 1.807) is 13.2 Å². The molecule has 1 saturated heterocycles. The van der Waals surface area contributed by atoms with Crippen LogP contribution in [0, 0.1) is 5.92 Å². The summed E-state index contributed by atoms with van der Waals surface area (Å²) in [4.78, 5) is 28.8. The van der Waals surface area contributed by atoms with Crippen LogP contribution in [0.25, 0.3) is 0 Å². The number of carbonyl (C=O) groups is 2. The fourth-order valence-electron chi connectivity index (χ4n) is 3.37. The summed E-state index contributed by atoms with van der Waals surface area (Å²) in [7, 11) is 1.59. The number of halogens is 1. The van der Waals surface area contributed by atoms with Crippen molar-refractivity contribution >= 4 is 23.4 Å². The first-order valence-corrected chi connectivity index (χ1v) is 9.35. The van der Waals surface area contributed by atoms with Crippen molar-refractivity contribution in [3.63, 3.8) is 0 Å². The highest BCUT2D eigenvalue weighted by Gasteiger charge is 2.30. The zero-order valence-electron chi connectivity index (χ0n) is 14.7. The van der Waals surface area contributed by atoms with E-state index in [9.17, 15) is 9.59 Å². The van der Waals surface area contributed by atoms with Gasteiger partial charge in [0.05, 0.1) is 13.5 Å². The van der Waals surface area contributed by atoms with Gasteiger partial charge in [-0.25, -0.2) is 0 Å². The average molecular weight is 365 g/mol. The van der Waals surface area contributed by atoms with Crippen molar-refractivity contribution in [3.05, 3.63) is 28.8 Å². The maximum Gasteiger partial charge on any atom is 0.227 e. The molecule has 0 bridgehead atoms. The van der Waals surface area contributed by atoms with Crippen LogP contribution in [0.1, 0.15) is 31.2 Å². The molecule has 1 aromatic rings. The number of methoxy groups -OCH3 is 1. The Morgan fingerprint density at radius 2 is 1.84 bits per heavy atom. The maximum atomic E-state index is 12.6. The number of ether oxygens (including phenoxy) is 1. The van der Waals surface area contributed by atoms with Crippen molar-refractivity contribution in [2.75, 3.05) is 33.3 Å². The third-order valence-electron chi connectivity index (χ3n) is 5.22. The maximum absolute atomic E-state index is 12.6. The zero-order chi connectivity index (χ0) is 17.8. The van der Waals surface area contributed by atoms with Crippen LogP contribution in [0.3, 0.4) is 0 Å². The smallest absolute Gasteiger partial charge is 0.227 e. The Labute approximate surface area is 153 Å². The van der Waals surface area contributed by atoms with Gasteiger partial charge in [0, 0.05) is 37.1 Å². The predicted molar refractivity (Wildman–Crippen MR) is 96.8 cm³/mol. The van der Waals surface area contributed by atoms with Gasteiger partial charge < -0.3 is 14.5 Å². The molecule has 1 aliphatic carbocycles. The monoisotopic (exact) mass is 364 g/mol. The molecule has 1 aromatic carbocycles. The lowest BCUT2D eigenvalue weighted by Gasteiger charge is -2.31. The van der Waals surface area contributed by atoms with E-state index in [-0.39, 0.29) is 24.2 Å². The van der Waals surface area contributed by atoms with Gasteiger partial charge in [0.1, 0.15) is 5.75 Å². The molecule has 2 fully saturated rings. The number of carbonyl (C=O) groups excluding carboxylic acids is 2. The highest BCUT2D eigenvalue weighted by atomic mass is 35.5. The van der Waals surface area contributed by atoms with Gasteiger partial charge in [-0.3, -0.25) is 9.59 Å². The lowest BCUT2D eigenvalue weighted by atomic mass is 9.84. The Kier molecular flexibility index (Phi) is 5.84. The summed E-state index contributed by atoms with van der Waals surface area (Å²) in [5.74, 6) is 1.24. The molecule has 0 radical (unpaired) electrons. The van der Waals surface area contributed by atoms with E-state index < -0.39 is 0 Å². The topological polar surface area (TPSA) is 49.9 Å². The van der Waals surface area contributed by atoms with Gasteiger partial charge in [0.15, 0.2) is 0 Å². The van der Waals surface area contributed by atoms with Crippen LogP contribution in [0.4, 0.5) is 0 Å². The molecule has 25 heavy (non-hydrogen) atoms. The molecular weight excluding hydrogens is 340 g/mol. The number of benzene rings is 1. The second-order valence-electron chi connectivity index (χ2n) is 6.82. The third-order valence-corrected chi connectivity index (χ3v) is 5.57. The second kappa shape index (κ2) is 8.09. The van der Waals surface area contributed by atoms with Gasteiger partial charge in [-0.2, -0.15) is 0 Å². The lowest BCUT2D eigenvalue weighted by Crippen LogP contribution is -2.41. The Balaban J connectivity index is 1.56. The molecule has 0 unspecified atom stereocenters. The average Bonchev–Trinajstić information content (AvgIpc) is 2.81. The number of amides is 2. The number of hydrogen-bond acceptors (Lipinski definition) is 3. The van der Waals surface area contributed by atoms with Gasteiger partial charge >= 0.3 is 0 Å². The Bertz CT molecular complexity index is 646. The second-order valence-corrected chi connectivity index (χ2v) is 7.23. The first-order valence-electron chi connectivity index (χ1n) is 8.97. The minimum absolute atomic E-state index is 0.0602. The van der Waals surface area contributed by atoms with E-state index in [0.29, 0.717) is 30.4 Å². The fourth-order valence-corrected chi connectivity index (χ4v) is 3.61. The van der Waals surface area contributed by atoms with Crippen LogP contribution in [0.15, 0.2) is 18.2 Å². The first-order chi connectivity index (χ1) is 12.1. The molecule has 0 atom stereocenters. The van der Waals surface area contributed by atoms with Gasteiger partial charge in [-0.05, 0) is 37.0 Å². The van der Waals surface area contributed by atoms with Crippen LogP contribution >= 0.6 is 11.6 Å². The normalized spacial score (nSPS) is 18.5. The SMILES string of the molecule is COc1ccc(CC(=O)N2CCCN(C(=O)C3CCC3)CC2)c(Cl)c1. The van der Waals surface area contributed by atoms with Gasteiger partial charge in [0.2, 0.25) is 11.8 Å². The predicted octanol–water partition coefficient (Wildman–Crippen LogP) is 2.75. The van der Waals surface area contributed by atoms with Crippen LogP contribution < -0.4 is 4.74 Å². The molecule has 0 spiro atoms. The van der Waals surface area contributed by atoms with Crippen LogP contribution in [0.5, 0.6) is 5.75 Å². The quantitative estimate of drug-likeness (QED) is 0.825. The molecule has 136 valence electrons. The van der Waals surface area contributed by atoms with Gasteiger partial charge in [-0.1, -0.05) is 24.1 Å². The molecule has 6 heteroatoms. The van der Waals surface area contributed by atoms with E-state index in [4.69, 9.17) is 16.3 Å². The summed E-state index contributed by atoms with van der Waals surface area (Å²) in [6.45, 7) is 2.69. The third kappa shape index (κ3) is 4.27. The van der Waals surface area contributed by atoms with Crippen molar-refractivity contribution in [2.24, 2.45) is 5.92 Å². The Hall–Kier alpha value is -1.75. The van der Waals surface area contributed by atoms with Crippen LogP contribution in [-0.2, 0) is 16.0 Å². The number of rotatable bonds is 4. The number of hydrogen-bond donors (Lipinski definition) is 0.